The van der Waals surface area contributed by atoms with Crippen LogP contribution in [0.5, 0.6) is 5.75 Å². The molecule has 1 aliphatic rings. The number of benzene rings is 1. The Morgan fingerprint density at radius 2 is 2.04 bits per heavy atom. The predicted octanol–water partition coefficient (Wildman–Crippen LogP) is 0.718. The summed E-state index contributed by atoms with van der Waals surface area (Å²) in [7, 11) is 1.57. The van der Waals surface area contributed by atoms with Gasteiger partial charge in [0.2, 0.25) is 0 Å². The summed E-state index contributed by atoms with van der Waals surface area (Å²) in [6.07, 6.45) is 0. The lowest BCUT2D eigenvalue weighted by Crippen LogP contribution is -3.15. The smallest absolute Gasteiger partial charge is 0.349 e. The molecule has 132 valence electrons. The maximum Gasteiger partial charge on any atom is 0.349 e. The molecule has 2 heterocycles. The highest BCUT2D eigenvalue weighted by atomic mass is 16.5. The van der Waals surface area contributed by atoms with Gasteiger partial charge in [0.15, 0.2) is 0 Å². The number of carbonyl (C=O) groups is 1. The van der Waals surface area contributed by atoms with Crippen molar-refractivity contribution < 1.29 is 18.8 Å². The number of nitrogens with zero attached hydrogens (tertiary/aromatic N) is 1. The molecule has 0 spiro atoms. The molecule has 0 bridgehead atoms. The summed E-state index contributed by atoms with van der Waals surface area (Å²) in [6.45, 7) is 9.82. The molecule has 25 heavy (non-hydrogen) atoms. The Bertz CT molecular complexity index is 863. The normalized spacial score (nSPS) is 15.4. The molecule has 0 radical (unpaired) electrons. The van der Waals surface area contributed by atoms with Gasteiger partial charge in [-0.05, 0) is 36.8 Å². The molecule has 1 aliphatic heterocycles. The average Bonchev–Trinajstić information content (AvgIpc) is 2.60. The second-order valence-corrected chi connectivity index (χ2v) is 6.53. The van der Waals surface area contributed by atoms with Crippen molar-refractivity contribution in [3.8, 4) is 5.75 Å². The van der Waals surface area contributed by atoms with E-state index in [1.165, 1.54) is 4.90 Å². The molecule has 1 saturated heterocycles. The highest BCUT2D eigenvalue weighted by Crippen LogP contribution is 2.20. The third-order valence-electron chi connectivity index (χ3n) is 4.48. The van der Waals surface area contributed by atoms with Crippen LogP contribution in [0.15, 0.2) is 45.6 Å². The number of fused-ring (bicyclic) bond motifs is 1. The van der Waals surface area contributed by atoms with E-state index in [0.29, 0.717) is 29.8 Å². The van der Waals surface area contributed by atoms with E-state index in [-0.39, 0.29) is 11.5 Å². The molecule has 0 unspecified atom stereocenters. The largest absolute Gasteiger partial charge is 0.497 e. The molecule has 1 fully saturated rings. The van der Waals surface area contributed by atoms with Gasteiger partial charge >= 0.3 is 5.63 Å². The summed E-state index contributed by atoms with van der Waals surface area (Å²) in [4.78, 5) is 28.1. The molecule has 1 amide bonds. The van der Waals surface area contributed by atoms with E-state index in [2.05, 4.69) is 6.58 Å². The van der Waals surface area contributed by atoms with Crippen LogP contribution in [0.3, 0.4) is 0 Å². The van der Waals surface area contributed by atoms with Crippen molar-refractivity contribution in [3.63, 3.8) is 0 Å². The standard InChI is InChI=1S/C19H22N2O4/c1-13(2)12-20-6-8-21(9-7-20)18(22)16-11-14-10-15(24-3)4-5-17(14)25-19(16)23/h4-5,10-11H,1,6-9,12H2,2-3H3/p+1. The molecular formula is C19H23N2O4+. The molecule has 1 N–H and O–H groups in total. The molecule has 0 atom stereocenters. The molecule has 0 saturated carbocycles. The van der Waals surface area contributed by atoms with Crippen molar-refractivity contribution in [2.24, 2.45) is 0 Å². The lowest BCUT2D eigenvalue weighted by Gasteiger charge is -2.32. The first-order valence-electron chi connectivity index (χ1n) is 8.37. The van der Waals surface area contributed by atoms with Gasteiger partial charge in [-0.3, -0.25) is 4.79 Å². The molecule has 2 aromatic rings. The Balaban J connectivity index is 1.81. The summed E-state index contributed by atoms with van der Waals surface area (Å²) >= 11 is 0. The third-order valence-corrected chi connectivity index (χ3v) is 4.48. The summed E-state index contributed by atoms with van der Waals surface area (Å²) in [6, 6.07) is 6.74. The average molecular weight is 343 g/mol. The Labute approximate surface area is 146 Å². The highest BCUT2D eigenvalue weighted by Gasteiger charge is 2.26. The third kappa shape index (κ3) is 3.74. The number of methoxy groups -OCH3 is 1. The van der Waals surface area contributed by atoms with Gasteiger partial charge in [-0.25, -0.2) is 4.79 Å². The fourth-order valence-corrected chi connectivity index (χ4v) is 3.18. The van der Waals surface area contributed by atoms with Crippen LogP contribution in [0.1, 0.15) is 17.3 Å². The van der Waals surface area contributed by atoms with Gasteiger partial charge in [-0.2, -0.15) is 0 Å². The van der Waals surface area contributed by atoms with E-state index in [0.717, 1.165) is 25.2 Å². The zero-order chi connectivity index (χ0) is 18.0. The zero-order valence-electron chi connectivity index (χ0n) is 14.6. The molecule has 6 heteroatoms. The van der Waals surface area contributed by atoms with Crippen LogP contribution in [0.4, 0.5) is 0 Å². The maximum atomic E-state index is 12.8. The maximum absolute atomic E-state index is 12.8. The number of piperazine rings is 1. The van der Waals surface area contributed by atoms with E-state index in [1.807, 2.05) is 6.92 Å². The highest BCUT2D eigenvalue weighted by molar-refractivity contribution is 5.96. The number of rotatable bonds is 4. The van der Waals surface area contributed by atoms with Crippen LogP contribution in [0.25, 0.3) is 11.0 Å². The first-order chi connectivity index (χ1) is 12.0. The Hall–Kier alpha value is -2.60. The number of nitrogens with one attached hydrogen (secondary N) is 1. The Morgan fingerprint density at radius 3 is 2.68 bits per heavy atom. The minimum atomic E-state index is -0.598. The minimum absolute atomic E-state index is 0.0732. The quantitative estimate of drug-likeness (QED) is 0.656. The molecule has 3 rings (SSSR count). The van der Waals surface area contributed by atoms with E-state index >= 15 is 0 Å². The van der Waals surface area contributed by atoms with Gasteiger partial charge < -0.3 is 19.0 Å². The predicted molar refractivity (Wildman–Crippen MR) is 95.3 cm³/mol. The molecule has 1 aromatic carbocycles. The van der Waals surface area contributed by atoms with E-state index in [9.17, 15) is 9.59 Å². The van der Waals surface area contributed by atoms with Gasteiger partial charge in [-0.15, -0.1) is 0 Å². The monoisotopic (exact) mass is 343 g/mol. The fraction of sp³-hybridized carbons (Fsp3) is 0.368. The second-order valence-electron chi connectivity index (χ2n) is 6.53. The van der Waals surface area contributed by atoms with Crippen molar-refractivity contribution in [1.29, 1.82) is 0 Å². The molecule has 6 nitrogen and oxygen atoms in total. The molecule has 1 aromatic heterocycles. The topological polar surface area (TPSA) is 64.2 Å². The second kappa shape index (κ2) is 7.11. The van der Waals surface area contributed by atoms with Gasteiger partial charge in [0, 0.05) is 5.39 Å². The van der Waals surface area contributed by atoms with Crippen molar-refractivity contribution >= 4 is 16.9 Å². The fourth-order valence-electron chi connectivity index (χ4n) is 3.18. The first kappa shape index (κ1) is 17.2. The van der Waals surface area contributed by atoms with Gasteiger partial charge in [0.1, 0.15) is 16.9 Å². The SMILES string of the molecule is C=C(C)C[NH+]1CCN(C(=O)c2cc3cc(OC)ccc3oc2=O)CC1. The van der Waals surface area contributed by atoms with Gasteiger partial charge in [0.05, 0.1) is 39.8 Å². The first-order valence-corrected chi connectivity index (χ1v) is 8.37. The number of quaternary nitrogens is 1. The molecular weight excluding hydrogens is 320 g/mol. The van der Waals surface area contributed by atoms with Gasteiger partial charge in [0.25, 0.3) is 5.91 Å². The number of hydrogen-bond donors (Lipinski definition) is 1. The van der Waals surface area contributed by atoms with Gasteiger partial charge in [-0.1, -0.05) is 6.58 Å². The Morgan fingerprint density at radius 1 is 1.32 bits per heavy atom. The van der Waals surface area contributed by atoms with Crippen LogP contribution in [0.2, 0.25) is 0 Å². The minimum Gasteiger partial charge on any atom is -0.497 e. The number of carbonyl (C=O) groups excluding carboxylic acids is 1. The number of amides is 1. The van der Waals surface area contributed by atoms with Crippen LogP contribution >= 0.6 is 0 Å². The van der Waals surface area contributed by atoms with E-state index < -0.39 is 5.63 Å². The van der Waals surface area contributed by atoms with Crippen molar-refractivity contribution in [1.82, 2.24) is 4.90 Å². The molecule has 0 aliphatic carbocycles. The van der Waals surface area contributed by atoms with Crippen molar-refractivity contribution in [2.45, 2.75) is 6.92 Å². The van der Waals surface area contributed by atoms with Crippen molar-refractivity contribution in [3.05, 3.63) is 52.4 Å². The van der Waals surface area contributed by atoms with Crippen LogP contribution < -0.4 is 15.3 Å². The van der Waals surface area contributed by atoms with Crippen LogP contribution in [0, 0.1) is 0 Å². The summed E-state index contributed by atoms with van der Waals surface area (Å²) in [5.41, 5.74) is 1.06. The van der Waals surface area contributed by atoms with Crippen LogP contribution in [-0.2, 0) is 0 Å². The lowest BCUT2D eigenvalue weighted by molar-refractivity contribution is -0.899. The number of hydrogen-bond acceptors (Lipinski definition) is 4. The summed E-state index contributed by atoms with van der Waals surface area (Å²) in [5, 5.41) is 0.675. The van der Waals surface area contributed by atoms with Crippen molar-refractivity contribution in [2.75, 3.05) is 39.8 Å². The van der Waals surface area contributed by atoms with E-state index in [1.54, 1.807) is 36.3 Å². The Kier molecular flexibility index (Phi) is 4.90. The zero-order valence-corrected chi connectivity index (χ0v) is 14.6. The van der Waals surface area contributed by atoms with Crippen LogP contribution in [-0.4, -0.2) is 50.6 Å². The lowest BCUT2D eigenvalue weighted by atomic mass is 10.1. The van der Waals surface area contributed by atoms with E-state index in [4.69, 9.17) is 9.15 Å². The summed E-state index contributed by atoms with van der Waals surface area (Å²) < 4.78 is 10.5. The summed E-state index contributed by atoms with van der Waals surface area (Å²) in [5.74, 6) is 0.379. The number of ether oxygens (including phenoxy) is 1.